The molecule has 0 unspecified atom stereocenters. The van der Waals surface area contributed by atoms with Crippen molar-refractivity contribution in [1.82, 2.24) is 14.1 Å². The molecule has 0 radical (unpaired) electrons. The van der Waals surface area contributed by atoms with Crippen LogP contribution < -0.4 is 0 Å². The number of likely N-dealkylation sites (N-methyl/N-ethyl adjacent to an activating group) is 1. The number of nitrogens with zero attached hydrogens (tertiary/aromatic N) is 3. The van der Waals surface area contributed by atoms with E-state index in [1.807, 2.05) is 13.8 Å². The van der Waals surface area contributed by atoms with Crippen molar-refractivity contribution in [3.63, 3.8) is 0 Å². The van der Waals surface area contributed by atoms with E-state index in [1.165, 1.54) is 42.9 Å². The smallest absolute Gasteiger partial charge is 0.409 e. The predicted octanol–water partition coefficient (Wildman–Crippen LogP) is 2.15. The Morgan fingerprint density at radius 1 is 1.10 bits per heavy atom. The molecule has 0 aromatic rings. The van der Waals surface area contributed by atoms with Crippen LogP contribution in [0.2, 0.25) is 0 Å². The van der Waals surface area contributed by atoms with Crippen LogP contribution in [0.5, 0.6) is 0 Å². The zero-order chi connectivity index (χ0) is 21.4. The molecule has 2 saturated heterocycles. The second-order valence-electron chi connectivity index (χ2n) is 8.41. The van der Waals surface area contributed by atoms with Crippen molar-refractivity contribution in [1.29, 1.82) is 0 Å². The second-order valence-corrected chi connectivity index (χ2v) is 10.4. The summed E-state index contributed by atoms with van der Waals surface area (Å²) in [5.74, 6) is 0. The van der Waals surface area contributed by atoms with Crippen LogP contribution in [-0.4, -0.2) is 99.0 Å². The lowest BCUT2D eigenvalue weighted by Gasteiger charge is -2.39. The molecule has 2 aliphatic rings. The van der Waals surface area contributed by atoms with Crippen LogP contribution in [0.25, 0.3) is 0 Å². The Kier molecular flexibility index (Phi) is 9.65. The van der Waals surface area contributed by atoms with Crippen LogP contribution >= 0.6 is 0 Å². The molecule has 2 heterocycles. The summed E-state index contributed by atoms with van der Waals surface area (Å²) < 4.78 is 36.4. The Morgan fingerprint density at radius 2 is 1.72 bits per heavy atom. The molecular formula is C20H39N3O5S. The third-order valence-electron chi connectivity index (χ3n) is 5.72. The van der Waals surface area contributed by atoms with E-state index in [-0.39, 0.29) is 25.3 Å². The van der Waals surface area contributed by atoms with Crippen molar-refractivity contribution in [3.05, 3.63) is 0 Å². The number of carbonyl (C=O) groups is 1. The van der Waals surface area contributed by atoms with Crippen molar-refractivity contribution in [2.75, 3.05) is 52.1 Å². The molecule has 0 saturated carbocycles. The maximum absolute atomic E-state index is 12.5. The Balaban J connectivity index is 1.81. The first-order valence-electron chi connectivity index (χ1n) is 11.0. The van der Waals surface area contributed by atoms with Crippen molar-refractivity contribution in [2.45, 2.75) is 71.1 Å². The van der Waals surface area contributed by atoms with E-state index < -0.39 is 16.1 Å². The Labute approximate surface area is 176 Å². The van der Waals surface area contributed by atoms with E-state index in [9.17, 15) is 13.2 Å². The van der Waals surface area contributed by atoms with Gasteiger partial charge >= 0.3 is 6.09 Å². The van der Waals surface area contributed by atoms with Gasteiger partial charge < -0.3 is 19.3 Å². The fraction of sp³-hybridized carbons (Fsp3) is 0.950. The first kappa shape index (κ1) is 24.4. The van der Waals surface area contributed by atoms with Gasteiger partial charge in [0.25, 0.3) is 0 Å². The highest BCUT2D eigenvalue weighted by atomic mass is 32.2. The molecule has 0 aliphatic carbocycles. The number of piperidine rings is 2. The van der Waals surface area contributed by atoms with Crippen LogP contribution in [0, 0.1) is 0 Å². The lowest BCUT2D eigenvalue weighted by Crippen LogP contribution is -2.48. The van der Waals surface area contributed by atoms with Crippen LogP contribution in [0.1, 0.15) is 52.9 Å². The summed E-state index contributed by atoms with van der Waals surface area (Å²) >= 11 is 0. The second kappa shape index (κ2) is 11.5. The number of likely N-dealkylation sites (tertiary alicyclic amines) is 2. The topological polar surface area (TPSA) is 79.4 Å². The highest BCUT2D eigenvalue weighted by Crippen LogP contribution is 2.21. The predicted molar refractivity (Wildman–Crippen MR) is 113 cm³/mol. The van der Waals surface area contributed by atoms with Gasteiger partial charge in [0.15, 0.2) is 0 Å². The van der Waals surface area contributed by atoms with Crippen LogP contribution in [0.15, 0.2) is 0 Å². The van der Waals surface area contributed by atoms with Crippen LogP contribution in [0.3, 0.4) is 0 Å². The normalized spacial score (nSPS) is 21.0. The van der Waals surface area contributed by atoms with Gasteiger partial charge in [-0.25, -0.2) is 13.2 Å². The number of carbonyl (C=O) groups excluding carboxylic acids is 1. The number of hydrogen-bond donors (Lipinski definition) is 0. The molecule has 0 aromatic heterocycles. The molecule has 0 spiro atoms. The van der Waals surface area contributed by atoms with Crippen molar-refractivity contribution < 1.29 is 22.7 Å². The molecule has 8 nitrogen and oxygen atoms in total. The van der Waals surface area contributed by atoms with E-state index in [1.54, 1.807) is 11.8 Å². The molecule has 2 aliphatic heterocycles. The molecule has 0 N–H and O–H groups in total. The fourth-order valence-electron chi connectivity index (χ4n) is 4.20. The molecule has 2 fully saturated rings. The number of ether oxygens (including phenoxy) is 2. The third kappa shape index (κ3) is 8.03. The quantitative estimate of drug-likeness (QED) is 0.554. The minimum atomic E-state index is -3.32. The largest absolute Gasteiger partial charge is 0.447 e. The number of amides is 1. The minimum absolute atomic E-state index is 0.0507. The summed E-state index contributed by atoms with van der Waals surface area (Å²) in [6.07, 6.45) is 6.14. The maximum atomic E-state index is 12.5. The lowest BCUT2D eigenvalue weighted by atomic mass is 10.0. The average molecular weight is 434 g/mol. The van der Waals surface area contributed by atoms with Crippen molar-refractivity contribution in [2.24, 2.45) is 0 Å². The molecule has 0 bridgehead atoms. The number of sulfonamides is 1. The first-order valence-corrected chi connectivity index (χ1v) is 12.8. The number of hydrogen-bond acceptors (Lipinski definition) is 6. The number of rotatable bonds is 9. The fourth-order valence-corrected chi connectivity index (χ4v) is 5.10. The van der Waals surface area contributed by atoms with Gasteiger partial charge in [-0.3, -0.25) is 0 Å². The van der Waals surface area contributed by atoms with Gasteiger partial charge in [0.05, 0.1) is 12.4 Å². The van der Waals surface area contributed by atoms with Gasteiger partial charge in [0, 0.05) is 32.2 Å². The summed E-state index contributed by atoms with van der Waals surface area (Å²) in [5, 5.41) is 0. The van der Waals surface area contributed by atoms with Crippen LogP contribution in [-0.2, 0) is 19.5 Å². The Morgan fingerprint density at radius 3 is 2.24 bits per heavy atom. The zero-order valence-corrected chi connectivity index (χ0v) is 19.3. The maximum Gasteiger partial charge on any atom is 0.409 e. The standard InChI is InChI=1S/C20H39N3O5S/c1-5-23(29(4,25)26)15-19(28-17(2)3)16-27-20(24)22-13-9-18(10-14-22)21-11-7-6-8-12-21/h17-19H,5-16H2,1-4H3/t19-/m0/s1. The summed E-state index contributed by atoms with van der Waals surface area (Å²) in [7, 11) is -3.32. The lowest BCUT2D eigenvalue weighted by molar-refractivity contribution is -0.0401. The van der Waals surface area contributed by atoms with Gasteiger partial charge in [-0.2, -0.15) is 4.31 Å². The molecular weight excluding hydrogens is 394 g/mol. The van der Waals surface area contributed by atoms with E-state index in [0.717, 1.165) is 12.8 Å². The molecule has 1 amide bonds. The highest BCUT2D eigenvalue weighted by molar-refractivity contribution is 7.88. The average Bonchev–Trinajstić information content (AvgIpc) is 2.69. The summed E-state index contributed by atoms with van der Waals surface area (Å²) in [5.41, 5.74) is 0. The van der Waals surface area contributed by atoms with Gasteiger partial charge in [-0.1, -0.05) is 13.3 Å². The van der Waals surface area contributed by atoms with E-state index in [4.69, 9.17) is 9.47 Å². The van der Waals surface area contributed by atoms with Gasteiger partial charge in [0.2, 0.25) is 10.0 Å². The van der Waals surface area contributed by atoms with Crippen molar-refractivity contribution in [3.8, 4) is 0 Å². The molecule has 29 heavy (non-hydrogen) atoms. The Hall–Kier alpha value is -0.900. The minimum Gasteiger partial charge on any atom is -0.447 e. The molecule has 1 atom stereocenters. The first-order chi connectivity index (χ1) is 13.7. The van der Waals surface area contributed by atoms with Gasteiger partial charge in [-0.15, -0.1) is 0 Å². The van der Waals surface area contributed by atoms with Crippen LogP contribution in [0.4, 0.5) is 4.79 Å². The summed E-state index contributed by atoms with van der Waals surface area (Å²) in [6, 6.07) is 0.573. The molecule has 2 rings (SSSR count). The van der Waals surface area contributed by atoms with E-state index >= 15 is 0 Å². The van der Waals surface area contributed by atoms with Crippen molar-refractivity contribution >= 4 is 16.1 Å². The zero-order valence-electron chi connectivity index (χ0n) is 18.5. The van der Waals surface area contributed by atoms with Gasteiger partial charge in [-0.05, 0) is 52.6 Å². The third-order valence-corrected chi connectivity index (χ3v) is 7.06. The van der Waals surface area contributed by atoms with E-state index in [2.05, 4.69) is 4.90 Å². The molecule has 9 heteroatoms. The summed E-state index contributed by atoms with van der Waals surface area (Å²) in [4.78, 5) is 16.9. The van der Waals surface area contributed by atoms with E-state index in [0.29, 0.717) is 25.7 Å². The highest BCUT2D eigenvalue weighted by Gasteiger charge is 2.29. The Bertz CT molecular complexity index is 599. The SMILES string of the molecule is CCN(C[C@@H](COC(=O)N1CCC(N2CCCCC2)CC1)OC(C)C)S(C)(=O)=O. The molecule has 0 aromatic carbocycles. The summed E-state index contributed by atoms with van der Waals surface area (Å²) in [6.45, 7) is 9.91. The van der Waals surface area contributed by atoms with Gasteiger partial charge in [0.1, 0.15) is 12.7 Å². The monoisotopic (exact) mass is 433 g/mol. The molecule has 170 valence electrons.